The summed E-state index contributed by atoms with van der Waals surface area (Å²) in [6.07, 6.45) is 0. The Balaban J connectivity index is 2.58. The Morgan fingerprint density at radius 3 is 2.58 bits per heavy atom. The highest BCUT2D eigenvalue weighted by atomic mass is 35.5. The minimum atomic E-state index is -0.148. The van der Waals surface area contributed by atoms with Gasteiger partial charge in [0.1, 0.15) is 16.1 Å². The van der Waals surface area contributed by atoms with Crippen molar-refractivity contribution >= 4 is 28.0 Å². The maximum atomic E-state index is 12.3. The number of benzene rings is 1. The summed E-state index contributed by atoms with van der Waals surface area (Å²) in [5, 5.41) is 9.04. The molecule has 0 unspecified atom stereocenters. The van der Waals surface area contributed by atoms with E-state index in [-0.39, 0.29) is 15.9 Å². The Labute approximate surface area is 115 Å². The summed E-state index contributed by atoms with van der Waals surface area (Å²) >= 11 is 6.10. The fraction of sp³-hybridized carbons (Fsp3) is 0.357. The first-order valence-electron chi connectivity index (χ1n) is 6.12. The Hall–Kier alpha value is -1.68. The van der Waals surface area contributed by atoms with Gasteiger partial charge in [-0.2, -0.15) is 0 Å². The van der Waals surface area contributed by atoms with Crippen molar-refractivity contribution in [2.45, 2.75) is 33.1 Å². The van der Waals surface area contributed by atoms with Crippen molar-refractivity contribution in [3.8, 4) is 0 Å². The minimum Gasteiger partial charge on any atom is -0.287 e. The molecule has 0 saturated heterocycles. The van der Waals surface area contributed by atoms with Gasteiger partial charge in [-0.15, -0.1) is 5.10 Å². The number of hydrogen-bond donors (Lipinski definition) is 0. The third kappa shape index (κ3) is 1.63. The van der Waals surface area contributed by atoms with Crippen molar-refractivity contribution in [2.24, 2.45) is 0 Å². The number of hydrogen-bond acceptors (Lipinski definition) is 3. The summed E-state index contributed by atoms with van der Waals surface area (Å²) in [5.41, 5.74) is 2.96. The van der Waals surface area contributed by atoms with E-state index in [2.05, 4.69) is 31.1 Å². The van der Waals surface area contributed by atoms with Gasteiger partial charge in [-0.05, 0) is 30.0 Å². The highest BCUT2D eigenvalue weighted by Gasteiger charge is 2.21. The molecule has 5 heteroatoms. The summed E-state index contributed by atoms with van der Waals surface area (Å²) in [7, 11) is 0. The van der Waals surface area contributed by atoms with Gasteiger partial charge < -0.3 is 0 Å². The van der Waals surface area contributed by atoms with Crippen LogP contribution in [-0.2, 0) is 5.41 Å². The Morgan fingerprint density at radius 2 is 1.95 bits per heavy atom. The molecule has 0 bridgehead atoms. The fourth-order valence-electron chi connectivity index (χ4n) is 2.27. The normalized spacial score (nSPS) is 12.7. The molecule has 2 heterocycles. The lowest BCUT2D eigenvalue weighted by Gasteiger charge is -2.19. The first-order chi connectivity index (χ1) is 8.80. The van der Waals surface area contributed by atoms with Crippen molar-refractivity contribution < 1.29 is 0 Å². The van der Waals surface area contributed by atoms with Crippen LogP contribution < -0.4 is 5.43 Å². The van der Waals surface area contributed by atoms with Crippen LogP contribution in [0.1, 0.15) is 32.0 Å². The zero-order valence-corrected chi connectivity index (χ0v) is 12.0. The molecular formula is C14H14ClN3O. The SMILES string of the molecule is Cc1c(Cl)c(=O)c2cc(C(C)(C)C)cc3nnn1c32. The molecule has 0 aliphatic rings. The molecular weight excluding hydrogens is 262 g/mol. The topological polar surface area (TPSA) is 47.3 Å². The predicted molar refractivity (Wildman–Crippen MR) is 76.4 cm³/mol. The van der Waals surface area contributed by atoms with Crippen molar-refractivity contribution in [1.29, 1.82) is 0 Å². The van der Waals surface area contributed by atoms with E-state index >= 15 is 0 Å². The van der Waals surface area contributed by atoms with Crippen LogP contribution in [0, 0.1) is 6.92 Å². The molecule has 0 amide bonds. The van der Waals surface area contributed by atoms with Gasteiger partial charge in [-0.25, -0.2) is 4.52 Å². The van der Waals surface area contributed by atoms with E-state index in [9.17, 15) is 4.79 Å². The lowest BCUT2D eigenvalue weighted by atomic mass is 9.86. The van der Waals surface area contributed by atoms with E-state index in [1.54, 1.807) is 11.4 Å². The van der Waals surface area contributed by atoms with Crippen LogP contribution in [0.15, 0.2) is 16.9 Å². The van der Waals surface area contributed by atoms with Crippen LogP contribution in [0.2, 0.25) is 5.02 Å². The van der Waals surface area contributed by atoms with E-state index in [0.29, 0.717) is 11.1 Å². The van der Waals surface area contributed by atoms with Gasteiger partial charge in [0, 0.05) is 0 Å². The molecule has 0 aliphatic heterocycles. The zero-order chi connectivity index (χ0) is 13.9. The molecule has 0 spiro atoms. The second-order valence-corrected chi connectivity index (χ2v) is 6.25. The molecule has 0 fully saturated rings. The average molecular weight is 276 g/mol. The molecule has 3 aromatic rings. The van der Waals surface area contributed by atoms with Crippen LogP contribution >= 0.6 is 11.6 Å². The summed E-state index contributed by atoms with van der Waals surface area (Å²) in [5.74, 6) is 0. The number of rotatable bonds is 0. The van der Waals surface area contributed by atoms with Crippen molar-refractivity contribution in [3.05, 3.63) is 38.6 Å². The number of aromatic nitrogens is 3. The van der Waals surface area contributed by atoms with Crippen molar-refractivity contribution in [1.82, 2.24) is 14.8 Å². The van der Waals surface area contributed by atoms with Crippen LogP contribution in [0.3, 0.4) is 0 Å². The molecule has 0 atom stereocenters. The summed E-state index contributed by atoms with van der Waals surface area (Å²) in [6, 6.07) is 3.89. The Kier molecular flexibility index (Phi) is 2.39. The summed E-state index contributed by atoms with van der Waals surface area (Å²) in [6.45, 7) is 8.07. The first kappa shape index (κ1) is 12.4. The summed E-state index contributed by atoms with van der Waals surface area (Å²) in [4.78, 5) is 12.3. The highest BCUT2D eigenvalue weighted by Crippen LogP contribution is 2.29. The number of nitrogens with zero attached hydrogens (tertiary/aromatic N) is 3. The van der Waals surface area contributed by atoms with Gasteiger partial charge in [-0.3, -0.25) is 4.79 Å². The van der Waals surface area contributed by atoms with E-state index in [1.165, 1.54) is 0 Å². The van der Waals surface area contributed by atoms with Gasteiger partial charge in [-0.1, -0.05) is 37.6 Å². The molecule has 98 valence electrons. The number of halogens is 1. The maximum absolute atomic E-state index is 12.3. The second-order valence-electron chi connectivity index (χ2n) is 5.87. The number of pyridine rings is 1. The summed E-state index contributed by atoms with van der Waals surface area (Å²) < 4.78 is 1.64. The Bertz CT molecular complexity index is 845. The van der Waals surface area contributed by atoms with Crippen molar-refractivity contribution in [3.63, 3.8) is 0 Å². The molecule has 19 heavy (non-hydrogen) atoms. The second kappa shape index (κ2) is 3.67. The molecule has 0 radical (unpaired) electrons. The standard InChI is InChI=1S/C14H14ClN3O/c1-7-11(15)13(19)9-5-8(14(2,3)4)6-10-12(9)18(7)17-16-10/h5-6H,1-4H3. The average Bonchev–Trinajstić information content (AvgIpc) is 2.76. The quantitative estimate of drug-likeness (QED) is 0.634. The zero-order valence-electron chi connectivity index (χ0n) is 11.3. The molecule has 0 aliphatic carbocycles. The highest BCUT2D eigenvalue weighted by molar-refractivity contribution is 6.31. The lowest BCUT2D eigenvalue weighted by Crippen LogP contribution is -2.14. The van der Waals surface area contributed by atoms with E-state index in [4.69, 9.17) is 11.6 Å². The fourth-order valence-corrected chi connectivity index (χ4v) is 2.45. The third-order valence-corrected chi connectivity index (χ3v) is 3.93. The van der Waals surface area contributed by atoms with Gasteiger partial charge in [0.05, 0.1) is 11.1 Å². The predicted octanol–water partition coefficient (Wildman–Crippen LogP) is 2.94. The first-order valence-corrected chi connectivity index (χ1v) is 6.50. The molecule has 2 aromatic heterocycles. The lowest BCUT2D eigenvalue weighted by molar-refractivity contribution is 0.591. The van der Waals surface area contributed by atoms with Gasteiger partial charge in [0.2, 0.25) is 5.43 Å². The molecule has 1 aromatic carbocycles. The van der Waals surface area contributed by atoms with Crippen LogP contribution in [0.25, 0.3) is 16.4 Å². The van der Waals surface area contributed by atoms with E-state index in [1.807, 2.05) is 12.1 Å². The largest absolute Gasteiger partial charge is 0.287 e. The van der Waals surface area contributed by atoms with Crippen LogP contribution in [-0.4, -0.2) is 14.8 Å². The van der Waals surface area contributed by atoms with E-state index < -0.39 is 0 Å². The monoisotopic (exact) mass is 275 g/mol. The van der Waals surface area contributed by atoms with Crippen LogP contribution in [0.5, 0.6) is 0 Å². The van der Waals surface area contributed by atoms with Gasteiger partial charge >= 0.3 is 0 Å². The molecule has 0 N–H and O–H groups in total. The van der Waals surface area contributed by atoms with Gasteiger partial charge in [0.15, 0.2) is 0 Å². The third-order valence-electron chi connectivity index (χ3n) is 3.49. The maximum Gasteiger partial charge on any atom is 0.208 e. The molecule has 0 saturated carbocycles. The smallest absolute Gasteiger partial charge is 0.208 e. The van der Waals surface area contributed by atoms with E-state index in [0.717, 1.165) is 16.6 Å². The Morgan fingerprint density at radius 1 is 1.26 bits per heavy atom. The molecule has 4 nitrogen and oxygen atoms in total. The van der Waals surface area contributed by atoms with Crippen LogP contribution in [0.4, 0.5) is 0 Å². The molecule has 3 rings (SSSR count). The van der Waals surface area contributed by atoms with Crippen molar-refractivity contribution in [2.75, 3.05) is 0 Å². The number of aryl methyl sites for hydroxylation is 1. The minimum absolute atomic E-state index is 0.0581. The van der Waals surface area contributed by atoms with Gasteiger partial charge in [0.25, 0.3) is 0 Å².